The fourth-order valence-corrected chi connectivity index (χ4v) is 0.655. The number of hydrogen-bond acceptors (Lipinski definition) is 2. The van der Waals surface area contributed by atoms with Crippen LogP contribution in [-0.2, 0) is 0 Å². The zero-order valence-corrected chi connectivity index (χ0v) is 6.53. The van der Waals surface area contributed by atoms with Crippen LogP contribution in [0.2, 0.25) is 0 Å². The van der Waals surface area contributed by atoms with Crippen LogP contribution in [0.25, 0.3) is 0 Å². The first-order valence-corrected chi connectivity index (χ1v) is 3.26. The van der Waals surface area contributed by atoms with Crippen molar-refractivity contribution in [1.82, 2.24) is 4.90 Å². The molecule has 0 atom stereocenters. The lowest BCUT2D eigenvalue weighted by molar-refractivity contribution is 0.505. The molecule has 62 valence electrons. The Morgan fingerprint density at radius 1 is 1.36 bits per heavy atom. The van der Waals surface area contributed by atoms with Crippen LogP contribution in [0.5, 0.6) is 0 Å². The van der Waals surface area contributed by atoms with Crippen LogP contribution in [0.3, 0.4) is 0 Å². The van der Waals surface area contributed by atoms with Crippen LogP contribution in [0, 0.1) is 0 Å². The molecule has 0 aromatic heterocycles. The van der Waals surface area contributed by atoms with Crippen molar-refractivity contribution >= 4 is 5.96 Å². The second-order valence-electron chi connectivity index (χ2n) is 1.97. The second-order valence-corrected chi connectivity index (χ2v) is 1.97. The summed E-state index contributed by atoms with van der Waals surface area (Å²) >= 11 is 0. The van der Waals surface area contributed by atoms with Crippen LogP contribution in [0.4, 0.5) is 0 Å². The highest BCUT2D eigenvalue weighted by Gasteiger charge is 2.01. The summed E-state index contributed by atoms with van der Waals surface area (Å²) < 4.78 is 0. The van der Waals surface area contributed by atoms with Crippen molar-refractivity contribution in [3.63, 3.8) is 0 Å². The third-order valence-corrected chi connectivity index (χ3v) is 1.16. The Morgan fingerprint density at radius 3 is 2.09 bits per heavy atom. The third kappa shape index (κ3) is 3.30. The monoisotopic (exact) mass is 154 g/mol. The van der Waals surface area contributed by atoms with Crippen molar-refractivity contribution < 1.29 is 0 Å². The van der Waals surface area contributed by atoms with E-state index in [1.54, 1.807) is 17.1 Å². The minimum Gasteiger partial charge on any atom is -0.368 e. The molecule has 0 radical (unpaired) electrons. The van der Waals surface area contributed by atoms with Gasteiger partial charge in [0.15, 0.2) is 0 Å². The number of hydrogen-bond donors (Lipinski definition) is 2. The fraction of sp³-hybridized carbons (Fsp3) is 0.286. The van der Waals surface area contributed by atoms with E-state index >= 15 is 0 Å². The van der Waals surface area contributed by atoms with Crippen LogP contribution in [0.1, 0.15) is 0 Å². The van der Waals surface area contributed by atoms with Gasteiger partial charge in [0, 0.05) is 13.1 Å². The van der Waals surface area contributed by atoms with E-state index in [1.807, 2.05) is 0 Å². The number of nitrogens with two attached hydrogens (primary N) is 2. The van der Waals surface area contributed by atoms with Gasteiger partial charge in [-0.15, -0.1) is 18.3 Å². The summed E-state index contributed by atoms with van der Waals surface area (Å²) in [6.45, 7) is 8.39. The molecule has 11 heavy (non-hydrogen) atoms. The van der Waals surface area contributed by atoms with Gasteiger partial charge in [-0.25, -0.2) is 0 Å². The average molecular weight is 154 g/mol. The van der Waals surface area contributed by atoms with Crippen LogP contribution in [-0.4, -0.2) is 23.9 Å². The van der Waals surface area contributed by atoms with Crippen molar-refractivity contribution in [3.8, 4) is 0 Å². The van der Waals surface area contributed by atoms with Crippen LogP contribution >= 0.6 is 0 Å². The largest absolute Gasteiger partial charge is 0.368 e. The highest BCUT2D eigenvalue weighted by Crippen LogP contribution is 1.87. The van der Waals surface area contributed by atoms with Crippen molar-refractivity contribution in [2.75, 3.05) is 13.1 Å². The summed E-state index contributed by atoms with van der Waals surface area (Å²) in [4.78, 5) is 1.75. The number of rotatable bonds is 4. The molecular formula is C7H14N4. The Labute approximate surface area is 66.9 Å². The van der Waals surface area contributed by atoms with E-state index in [4.69, 9.17) is 11.6 Å². The fourth-order valence-electron chi connectivity index (χ4n) is 0.655. The molecule has 0 heterocycles. The molecule has 0 bridgehead atoms. The van der Waals surface area contributed by atoms with Gasteiger partial charge in [-0.05, 0) is 0 Å². The predicted octanol–water partition coefficient (Wildman–Crippen LogP) is -0.151. The van der Waals surface area contributed by atoms with Crippen LogP contribution < -0.4 is 11.6 Å². The molecule has 0 saturated heterocycles. The van der Waals surface area contributed by atoms with Crippen molar-refractivity contribution in [3.05, 3.63) is 25.3 Å². The normalized spacial score (nSPS) is 10.7. The molecule has 0 unspecified atom stereocenters. The van der Waals surface area contributed by atoms with E-state index in [9.17, 15) is 0 Å². The molecule has 0 rings (SSSR count). The van der Waals surface area contributed by atoms with E-state index in [2.05, 4.69) is 18.3 Å². The minimum atomic E-state index is 0.296. The first-order valence-electron chi connectivity index (χ1n) is 3.26. The first kappa shape index (κ1) is 9.55. The van der Waals surface area contributed by atoms with Gasteiger partial charge in [-0.2, -0.15) is 0 Å². The first-order chi connectivity index (χ1) is 5.26. The number of hydrazone groups is 1. The quantitative estimate of drug-likeness (QED) is 0.194. The van der Waals surface area contributed by atoms with Gasteiger partial charge in [0.1, 0.15) is 0 Å². The zero-order valence-electron chi connectivity index (χ0n) is 6.53. The van der Waals surface area contributed by atoms with Crippen molar-refractivity contribution in [2.45, 2.75) is 0 Å². The highest BCUT2D eigenvalue weighted by atomic mass is 15.3. The lowest BCUT2D eigenvalue weighted by Crippen LogP contribution is -2.38. The lowest BCUT2D eigenvalue weighted by atomic mass is 10.5. The molecule has 0 spiro atoms. The molecule has 0 aliphatic rings. The molecule has 4 nitrogen and oxygen atoms in total. The Bertz CT molecular complexity index is 152. The summed E-state index contributed by atoms with van der Waals surface area (Å²) in [5.41, 5.74) is 5.44. The molecule has 0 aliphatic heterocycles. The standard InChI is InChI=1S/C7H14N4/c1-3-5-11(6-4-2)7(8)10-9/h3-4H,1-2,5-6,9H2,(H2,8,10). The summed E-state index contributed by atoms with van der Waals surface area (Å²) in [5, 5.41) is 3.35. The predicted molar refractivity (Wildman–Crippen MR) is 47.8 cm³/mol. The molecule has 4 heteroatoms. The molecule has 0 aromatic rings. The van der Waals surface area contributed by atoms with Gasteiger partial charge in [0.05, 0.1) is 0 Å². The second kappa shape index (κ2) is 5.34. The molecular weight excluding hydrogens is 140 g/mol. The number of nitrogens with zero attached hydrogens (tertiary/aromatic N) is 2. The van der Waals surface area contributed by atoms with Gasteiger partial charge in [0.25, 0.3) is 0 Å². The summed E-state index contributed by atoms with van der Waals surface area (Å²) in [7, 11) is 0. The van der Waals surface area contributed by atoms with Crippen LogP contribution in [0.15, 0.2) is 30.4 Å². The summed E-state index contributed by atoms with van der Waals surface area (Å²) in [6.07, 6.45) is 3.45. The summed E-state index contributed by atoms with van der Waals surface area (Å²) in [5.74, 6) is 5.28. The zero-order chi connectivity index (χ0) is 8.69. The van der Waals surface area contributed by atoms with Crippen molar-refractivity contribution in [1.29, 1.82) is 0 Å². The molecule has 0 amide bonds. The topological polar surface area (TPSA) is 67.6 Å². The highest BCUT2D eigenvalue weighted by molar-refractivity contribution is 5.77. The minimum absolute atomic E-state index is 0.296. The third-order valence-electron chi connectivity index (χ3n) is 1.16. The lowest BCUT2D eigenvalue weighted by Gasteiger charge is -2.18. The van der Waals surface area contributed by atoms with E-state index < -0.39 is 0 Å². The Kier molecular flexibility index (Phi) is 4.64. The maximum atomic E-state index is 5.44. The van der Waals surface area contributed by atoms with E-state index in [0.29, 0.717) is 19.0 Å². The van der Waals surface area contributed by atoms with E-state index in [1.165, 1.54) is 0 Å². The SMILES string of the molecule is C=CCN(CC=C)C(N)=NN. The Hall–Kier alpha value is -1.45. The van der Waals surface area contributed by atoms with Gasteiger partial charge in [-0.3, -0.25) is 0 Å². The Balaban J connectivity index is 4.07. The maximum Gasteiger partial charge on any atom is 0.213 e. The van der Waals surface area contributed by atoms with Crippen molar-refractivity contribution in [2.24, 2.45) is 16.7 Å². The molecule has 0 aromatic carbocycles. The Morgan fingerprint density at radius 2 is 1.82 bits per heavy atom. The van der Waals surface area contributed by atoms with Gasteiger partial charge < -0.3 is 16.5 Å². The smallest absolute Gasteiger partial charge is 0.213 e. The van der Waals surface area contributed by atoms with Gasteiger partial charge >= 0.3 is 0 Å². The maximum absolute atomic E-state index is 5.44. The number of guanidine groups is 1. The molecule has 4 N–H and O–H groups in total. The summed E-state index contributed by atoms with van der Waals surface area (Å²) in [6, 6.07) is 0. The average Bonchev–Trinajstić information content (AvgIpc) is 2.03. The molecule has 0 aliphatic carbocycles. The van der Waals surface area contributed by atoms with Gasteiger partial charge in [-0.1, -0.05) is 12.2 Å². The molecule has 0 saturated carbocycles. The molecule has 0 fully saturated rings. The van der Waals surface area contributed by atoms with Gasteiger partial charge in [0.2, 0.25) is 5.96 Å². The van der Waals surface area contributed by atoms with E-state index in [-0.39, 0.29) is 0 Å². The van der Waals surface area contributed by atoms with E-state index in [0.717, 1.165) is 0 Å².